The number of amides is 1. The van der Waals surface area contributed by atoms with E-state index in [-0.39, 0.29) is 11.7 Å². The molecule has 164 valence electrons. The van der Waals surface area contributed by atoms with Gasteiger partial charge < -0.3 is 14.6 Å². The van der Waals surface area contributed by atoms with Crippen LogP contribution in [0.15, 0.2) is 36.4 Å². The van der Waals surface area contributed by atoms with Gasteiger partial charge in [-0.2, -0.15) is 5.10 Å². The second kappa shape index (κ2) is 7.19. The van der Waals surface area contributed by atoms with Crippen LogP contribution >= 0.6 is 0 Å². The second-order valence-electron chi connectivity index (χ2n) is 8.39. The van der Waals surface area contributed by atoms with Crippen molar-refractivity contribution in [2.24, 2.45) is 7.05 Å². The number of halogens is 1. The van der Waals surface area contributed by atoms with Crippen molar-refractivity contribution in [1.29, 1.82) is 0 Å². The van der Waals surface area contributed by atoms with Gasteiger partial charge in [-0.3, -0.25) is 9.89 Å². The van der Waals surface area contributed by atoms with Crippen molar-refractivity contribution in [3.05, 3.63) is 64.9 Å². The molecule has 0 unspecified atom stereocenters. The second-order valence-corrected chi connectivity index (χ2v) is 8.39. The molecule has 2 N–H and O–H groups in total. The van der Waals surface area contributed by atoms with Gasteiger partial charge in [-0.05, 0) is 62.6 Å². The quantitative estimate of drug-likeness (QED) is 0.495. The summed E-state index contributed by atoms with van der Waals surface area (Å²) in [7, 11) is 3.27. The Bertz CT molecular complexity index is 1350. The number of nitrogens with zero attached hydrogens (tertiary/aromatic N) is 3. The lowest BCUT2D eigenvalue weighted by Gasteiger charge is -2.19. The highest BCUT2D eigenvalue weighted by Gasteiger charge is 2.46. The number of rotatable bonds is 5. The van der Waals surface area contributed by atoms with E-state index in [1.807, 2.05) is 39.1 Å². The number of carbonyl (C=O) groups is 1. The van der Waals surface area contributed by atoms with E-state index >= 15 is 0 Å². The maximum atomic E-state index is 13.8. The number of hydrogen-bond acceptors (Lipinski definition) is 4. The van der Waals surface area contributed by atoms with Gasteiger partial charge in [-0.1, -0.05) is 6.07 Å². The third-order valence-corrected chi connectivity index (χ3v) is 6.30. The first-order chi connectivity index (χ1) is 15.3. The predicted molar refractivity (Wildman–Crippen MR) is 119 cm³/mol. The van der Waals surface area contributed by atoms with Gasteiger partial charge in [0.1, 0.15) is 11.3 Å². The van der Waals surface area contributed by atoms with Crippen LogP contribution in [0.1, 0.15) is 40.3 Å². The molecular formula is C24H24FN5O2. The zero-order chi connectivity index (χ0) is 22.6. The molecule has 7 nitrogen and oxygen atoms in total. The van der Waals surface area contributed by atoms with E-state index in [1.54, 1.807) is 16.7 Å². The van der Waals surface area contributed by atoms with Crippen LogP contribution in [0.4, 0.5) is 4.39 Å². The van der Waals surface area contributed by atoms with Crippen molar-refractivity contribution in [3.63, 3.8) is 0 Å². The van der Waals surface area contributed by atoms with Crippen LogP contribution in [0.2, 0.25) is 0 Å². The van der Waals surface area contributed by atoms with Gasteiger partial charge in [-0.15, -0.1) is 0 Å². The Morgan fingerprint density at radius 3 is 2.66 bits per heavy atom. The standard InChI is InChI=1S/C24H24FN5O2/c1-13-21(14(2)29-28-13)18-8-5-15-11-19(30(3)22(15)26-18)23(31)27-24(9-10-24)16-6-7-17(25)20(12-16)32-4/h5-8,11-12H,9-10H2,1-4H3,(H,27,31)(H,28,29). The number of pyridine rings is 1. The smallest absolute Gasteiger partial charge is 0.268 e. The number of hydrogen-bond donors (Lipinski definition) is 2. The van der Waals surface area contributed by atoms with Crippen LogP contribution < -0.4 is 10.1 Å². The summed E-state index contributed by atoms with van der Waals surface area (Å²) >= 11 is 0. The summed E-state index contributed by atoms with van der Waals surface area (Å²) in [4.78, 5) is 18.0. The zero-order valence-corrected chi connectivity index (χ0v) is 18.4. The summed E-state index contributed by atoms with van der Waals surface area (Å²) in [6.07, 6.45) is 1.58. The molecular weight excluding hydrogens is 409 g/mol. The number of nitrogens with one attached hydrogen (secondary N) is 2. The molecule has 0 saturated heterocycles. The summed E-state index contributed by atoms with van der Waals surface area (Å²) < 4.78 is 20.7. The van der Waals surface area contributed by atoms with Gasteiger partial charge in [-0.25, -0.2) is 9.37 Å². The fourth-order valence-electron chi connectivity index (χ4n) is 4.33. The minimum absolute atomic E-state index is 0.175. The first-order valence-electron chi connectivity index (χ1n) is 10.5. The largest absolute Gasteiger partial charge is 0.494 e. The normalized spacial score (nSPS) is 14.5. The Labute approximate surface area is 184 Å². The number of aryl methyl sites for hydroxylation is 3. The Morgan fingerprint density at radius 2 is 2.00 bits per heavy atom. The van der Waals surface area contributed by atoms with E-state index in [9.17, 15) is 9.18 Å². The molecule has 0 aliphatic heterocycles. The topological polar surface area (TPSA) is 84.8 Å². The molecule has 0 atom stereocenters. The first-order valence-corrected chi connectivity index (χ1v) is 10.5. The van der Waals surface area contributed by atoms with Gasteiger partial charge in [0.2, 0.25) is 0 Å². The Balaban J connectivity index is 1.47. The maximum Gasteiger partial charge on any atom is 0.268 e. The third-order valence-electron chi connectivity index (χ3n) is 6.30. The highest BCUT2D eigenvalue weighted by molar-refractivity contribution is 5.99. The van der Waals surface area contributed by atoms with Crippen molar-refractivity contribution in [3.8, 4) is 17.0 Å². The fraction of sp³-hybridized carbons (Fsp3) is 0.292. The van der Waals surface area contributed by atoms with Crippen molar-refractivity contribution in [2.45, 2.75) is 32.2 Å². The number of H-pyrrole nitrogens is 1. The highest BCUT2D eigenvalue weighted by atomic mass is 19.1. The monoisotopic (exact) mass is 433 g/mol. The van der Waals surface area contributed by atoms with Gasteiger partial charge >= 0.3 is 0 Å². The molecule has 1 aliphatic carbocycles. The molecule has 1 saturated carbocycles. The number of aromatic amines is 1. The molecule has 1 fully saturated rings. The van der Waals surface area contributed by atoms with Crippen LogP contribution in [0, 0.1) is 19.7 Å². The molecule has 0 bridgehead atoms. The average molecular weight is 433 g/mol. The molecule has 0 spiro atoms. The van der Waals surface area contributed by atoms with Crippen LogP contribution in [0.25, 0.3) is 22.3 Å². The van der Waals surface area contributed by atoms with Crippen molar-refractivity contribution >= 4 is 16.9 Å². The van der Waals surface area contributed by atoms with E-state index in [0.29, 0.717) is 5.69 Å². The average Bonchev–Trinajstić information content (AvgIpc) is 3.38. The molecule has 3 heterocycles. The summed E-state index contributed by atoms with van der Waals surface area (Å²) in [5.74, 6) is -0.435. The number of fused-ring (bicyclic) bond motifs is 1. The first kappa shape index (κ1) is 20.2. The Hall–Kier alpha value is -3.68. The summed E-state index contributed by atoms with van der Waals surface area (Å²) in [5, 5.41) is 11.3. The molecule has 4 aromatic rings. The van der Waals surface area contributed by atoms with Crippen LogP contribution in [0.5, 0.6) is 5.75 Å². The lowest BCUT2D eigenvalue weighted by molar-refractivity contribution is 0.0923. The lowest BCUT2D eigenvalue weighted by Crippen LogP contribution is -2.35. The molecule has 5 rings (SSSR count). The number of aromatic nitrogens is 4. The van der Waals surface area contributed by atoms with Crippen LogP contribution in [0.3, 0.4) is 0 Å². The predicted octanol–water partition coefficient (Wildman–Crippen LogP) is 4.15. The SMILES string of the molecule is COc1cc(C2(NC(=O)c3cc4ccc(-c5c(C)n[nH]c5C)nc4n3C)CC2)ccc1F. The Kier molecular flexibility index (Phi) is 4.54. The van der Waals surface area contributed by atoms with Crippen LogP contribution in [-0.2, 0) is 12.6 Å². The molecule has 32 heavy (non-hydrogen) atoms. The van der Waals surface area contributed by atoms with E-state index in [1.165, 1.54) is 13.2 Å². The zero-order valence-electron chi connectivity index (χ0n) is 18.4. The van der Waals surface area contributed by atoms with Crippen molar-refractivity contribution in [1.82, 2.24) is 25.1 Å². The number of methoxy groups -OCH3 is 1. The molecule has 0 radical (unpaired) electrons. The van der Waals surface area contributed by atoms with E-state index in [2.05, 4.69) is 15.5 Å². The lowest BCUT2D eigenvalue weighted by atomic mass is 10.0. The van der Waals surface area contributed by atoms with E-state index in [4.69, 9.17) is 9.72 Å². The minimum Gasteiger partial charge on any atom is -0.494 e. The molecule has 1 aromatic carbocycles. The van der Waals surface area contributed by atoms with Gasteiger partial charge in [0.25, 0.3) is 5.91 Å². The summed E-state index contributed by atoms with van der Waals surface area (Å²) in [6.45, 7) is 3.90. The number of benzene rings is 1. The van der Waals surface area contributed by atoms with Gasteiger partial charge in [0.05, 0.1) is 24.0 Å². The van der Waals surface area contributed by atoms with Crippen molar-refractivity contribution in [2.75, 3.05) is 7.11 Å². The van der Waals surface area contributed by atoms with E-state index in [0.717, 1.165) is 52.1 Å². The molecule has 3 aromatic heterocycles. The van der Waals surface area contributed by atoms with Crippen molar-refractivity contribution < 1.29 is 13.9 Å². The Morgan fingerprint density at radius 1 is 1.22 bits per heavy atom. The molecule has 1 amide bonds. The van der Waals surface area contributed by atoms with E-state index < -0.39 is 11.4 Å². The number of carbonyl (C=O) groups excluding carboxylic acids is 1. The minimum atomic E-state index is -0.502. The highest BCUT2D eigenvalue weighted by Crippen LogP contribution is 2.46. The maximum absolute atomic E-state index is 13.8. The van der Waals surface area contributed by atoms with Crippen LogP contribution in [-0.4, -0.2) is 32.8 Å². The third kappa shape index (κ3) is 3.14. The number of ether oxygens (including phenoxy) is 1. The fourth-order valence-corrected chi connectivity index (χ4v) is 4.33. The molecule has 8 heteroatoms. The molecule has 1 aliphatic rings. The summed E-state index contributed by atoms with van der Waals surface area (Å²) in [6, 6.07) is 10.5. The summed E-state index contributed by atoms with van der Waals surface area (Å²) in [5.41, 5.74) is 5.20. The van der Waals surface area contributed by atoms with Gasteiger partial charge in [0.15, 0.2) is 11.6 Å². The van der Waals surface area contributed by atoms with Gasteiger partial charge in [0, 0.05) is 23.7 Å².